The minimum Gasteiger partial charge on any atom is -0.493 e. The van der Waals surface area contributed by atoms with Crippen LogP contribution in [0.25, 0.3) is 0 Å². The lowest BCUT2D eigenvalue weighted by atomic mass is 10.2. The van der Waals surface area contributed by atoms with Gasteiger partial charge in [-0.25, -0.2) is 4.79 Å². The molecule has 0 saturated carbocycles. The topological polar surface area (TPSA) is 73.9 Å². The predicted molar refractivity (Wildman–Crippen MR) is 100 cm³/mol. The molecule has 0 aliphatic carbocycles. The quantitative estimate of drug-likeness (QED) is 0.367. The molecule has 1 amide bonds. The monoisotopic (exact) mass is 411 g/mol. The van der Waals surface area contributed by atoms with Crippen molar-refractivity contribution in [1.82, 2.24) is 5.32 Å². The Hall–Kier alpha value is -2.81. The molecule has 0 heterocycles. The summed E-state index contributed by atoms with van der Waals surface area (Å²) in [5.74, 6) is -0.797. The van der Waals surface area contributed by atoms with Gasteiger partial charge in [0, 0.05) is 17.2 Å². The fraction of sp³-hybridized carbons (Fsp3) is 0.263. The number of ether oxygens (including phenoxy) is 3. The Balaban J connectivity index is 1.75. The molecule has 2 rings (SSSR count). The molecular weight excluding hydrogens is 392 g/mol. The summed E-state index contributed by atoms with van der Waals surface area (Å²) in [6.45, 7) is -3.05. The van der Waals surface area contributed by atoms with E-state index in [1.54, 1.807) is 11.8 Å². The van der Waals surface area contributed by atoms with Gasteiger partial charge in [-0.05, 0) is 30.3 Å². The molecule has 0 saturated heterocycles. The van der Waals surface area contributed by atoms with Crippen molar-refractivity contribution in [3.63, 3.8) is 0 Å². The van der Waals surface area contributed by atoms with Gasteiger partial charge in [0.25, 0.3) is 5.91 Å². The van der Waals surface area contributed by atoms with Crippen LogP contribution in [-0.4, -0.2) is 44.5 Å². The van der Waals surface area contributed by atoms with Gasteiger partial charge in [0.2, 0.25) is 0 Å². The molecule has 0 aliphatic rings. The van der Waals surface area contributed by atoms with Gasteiger partial charge < -0.3 is 19.5 Å². The maximum atomic E-state index is 12.3. The van der Waals surface area contributed by atoms with Crippen LogP contribution in [-0.2, 0) is 9.53 Å². The summed E-state index contributed by atoms with van der Waals surface area (Å²) >= 11 is 1.59. The first kappa shape index (κ1) is 21.5. The molecule has 150 valence electrons. The van der Waals surface area contributed by atoms with Crippen LogP contribution in [0.5, 0.6) is 11.5 Å². The third-order valence-corrected chi connectivity index (χ3v) is 4.40. The second kappa shape index (κ2) is 11.1. The van der Waals surface area contributed by atoms with Crippen molar-refractivity contribution in [3.05, 3.63) is 54.1 Å². The number of amides is 1. The average Bonchev–Trinajstić information content (AvgIpc) is 2.70. The summed E-state index contributed by atoms with van der Waals surface area (Å²) < 4.78 is 38.7. The highest BCUT2D eigenvalue weighted by Gasteiger charge is 2.16. The van der Waals surface area contributed by atoms with Crippen molar-refractivity contribution in [3.8, 4) is 11.5 Å². The van der Waals surface area contributed by atoms with Crippen molar-refractivity contribution < 1.29 is 32.6 Å². The number of carbonyl (C=O) groups is 2. The number of carbonyl (C=O) groups excluding carboxylic acids is 2. The van der Waals surface area contributed by atoms with Gasteiger partial charge >= 0.3 is 12.6 Å². The predicted octanol–water partition coefficient (Wildman–Crippen LogP) is 3.36. The molecule has 0 unspecified atom stereocenters. The van der Waals surface area contributed by atoms with Crippen LogP contribution in [0.2, 0.25) is 0 Å². The Labute approximate surface area is 165 Å². The highest BCUT2D eigenvalue weighted by Crippen LogP contribution is 2.29. The Morgan fingerprint density at radius 1 is 1.11 bits per heavy atom. The van der Waals surface area contributed by atoms with E-state index >= 15 is 0 Å². The molecule has 0 fully saturated rings. The Morgan fingerprint density at radius 2 is 1.86 bits per heavy atom. The molecule has 0 aromatic heterocycles. The van der Waals surface area contributed by atoms with Crippen LogP contribution < -0.4 is 14.8 Å². The first-order valence-corrected chi connectivity index (χ1v) is 9.22. The number of methoxy groups -OCH3 is 1. The molecule has 9 heteroatoms. The number of hydrogen-bond donors (Lipinski definition) is 1. The lowest BCUT2D eigenvalue weighted by Gasteiger charge is -2.11. The SMILES string of the molecule is COc1cc(C(=O)OCC(=O)NCCSc2ccccc2)ccc1OC(F)F. The largest absolute Gasteiger partial charge is 0.493 e. The maximum absolute atomic E-state index is 12.3. The molecule has 0 spiro atoms. The number of halogens is 2. The second-order valence-electron chi connectivity index (χ2n) is 5.33. The minimum atomic E-state index is -3.02. The molecule has 0 radical (unpaired) electrons. The maximum Gasteiger partial charge on any atom is 0.387 e. The number of thioether (sulfide) groups is 1. The summed E-state index contributed by atoms with van der Waals surface area (Å²) in [5, 5.41) is 2.65. The first-order chi connectivity index (χ1) is 13.5. The number of esters is 1. The lowest BCUT2D eigenvalue weighted by Crippen LogP contribution is -2.30. The third-order valence-electron chi connectivity index (χ3n) is 3.39. The summed E-state index contributed by atoms with van der Waals surface area (Å²) in [7, 11) is 1.25. The molecule has 0 atom stereocenters. The first-order valence-electron chi connectivity index (χ1n) is 8.24. The molecule has 0 bridgehead atoms. The summed E-state index contributed by atoms with van der Waals surface area (Å²) in [6.07, 6.45) is 0. The van der Waals surface area contributed by atoms with E-state index in [2.05, 4.69) is 10.1 Å². The number of nitrogens with one attached hydrogen (secondary N) is 1. The average molecular weight is 411 g/mol. The zero-order valence-electron chi connectivity index (χ0n) is 15.0. The molecular formula is C19H19F2NO5S. The molecule has 0 aliphatic heterocycles. The summed E-state index contributed by atoms with van der Waals surface area (Å²) in [6, 6.07) is 13.4. The Kier molecular flexibility index (Phi) is 8.54. The van der Waals surface area contributed by atoms with E-state index in [1.807, 2.05) is 30.3 Å². The molecule has 1 N–H and O–H groups in total. The van der Waals surface area contributed by atoms with Gasteiger partial charge in [-0.3, -0.25) is 4.79 Å². The van der Waals surface area contributed by atoms with Gasteiger partial charge in [0.05, 0.1) is 12.7 Å². The van der Waals surface area contributed by atoms with Crippen LogP contribution in [0.1, 0.15) is 10.4 Å². The van der Waals surface area contributed by atoms with E-state index < -0.39 is 25.1 Å². The number of hydrogen-bond acceptors (Lipinski definition) is 6. The van der Waals surface area contributed by atoms with Crippen molar-refractivity contribution in [1.29, 1.82) is 0 Å². The van der Waals surface area contributed by atoms with Crippen molar-refractivity contribution >= 4 is 23.6 Å². The van der Waals surface area contributed by atoms with E-state index in [1.165, 1.54) is 25.3 Å². The Morgan fingerprint density at radius 3 is 2.54 bits per heavy atom. The van der Waals surface area contributed by atoms with Gasteiger partial charge in [0.1, 0.15) is 0 Å². The summed E-state index contributed by atoms with van der Waals surface area (Å²) in [4.78, 5) is 24.9. The van der Waals surface area contributed by atoms with Crippen molar-refractivity contribution in [2.45, 2.75) is 11.5 Å². The van der Waals surface area contributed by atoms with E-state index in [-0.39, 0.29) is 17.1 Å². The fourth-order valence-electron chi connectivity index (χ4n) is 2.13. The minimum absolute atomic E-state index is 0.0443. The standard InChI is InChI=1S/C19H19F2NO5S/c1-25-16-11-13(7-8-15(16)27-19(20)21)18(24)26-12-17(23)22-9-10-28-14-5-3-2-4-6-14/h2-8,11,19H,9-10,12H2,1H3,(H,22,23). The van der Waals surface area contributed by atoms with Crippen LogP contribution in [0.4, 0.5) is 8.78 Å². The van der Waals surface area contributed by atoms with E-state index in [4.69, 9.17) is 9.47 Å². The van der Waals surface area contributed by atoms with E-state index in [9.17, 15) is 18.4 Å². The summed E-state index contributed by atoms with van der Waals surface area (Å²) in [5.41, 5.74) is 0.0471. The van der Waals surface area contributed by atoms with Crippen LogP contribution >= 0.6 is 11.8 Å². The fourth-order valence-corrected chi connectivity index (χ4v) is 2.92. The van der Waals surface area contributed by atoms with Crippen molar-refractivity contribution in [2.75, 3.05) is 26.0 Å². The van der Waals surface area contributed by atoms with Gasteiger partial charge in [0.15, 0.2) is 18.1 Å². The smallest absolute Gasteiger partial charge is 0.387 e. The van der Waals surface area contributed by atoms with Gasteiger partial charge in [-0.15, -0.1) is 11.8 Å². The van der Waals surface area contributed by atoms with E-state index in [0.29, 0.717) is 12.3 Å². The highest BCUT2D eigenvalue weighted by molar-refractivity contribution is 7.99. The van der Waals surface area contributed by atoms with Crippen LogP contribution in [0, 0.1) is 0 Å². The molecule has 6 nitrogen and oxygen atoms in total. The van der Waals surface area contributed by atoms with Crippen LogP contribution in [0.3, 0.4) is 0 Å². The Bertz CT molecular complexity index is 789. The number of rotatable bonds is 10. The van der Waals surface area contributed by atoms with Crippen molar-refractivity contribution in [2.24, 2.45) is 0 Å². The third kappa shape index (κ3) is 7.07. The van der Waals surface area contributed by atoms with E-state index in [0.717, 1.165) is 4.90 Å². The van der Waals surface area contributed by atoms with Gasteiger partial charge in [-0.1, -0.05) is 18.2 Å². The zero-order chi connectivity index (χ0) is 20.4. The number of alkyl halides is 2. The normalized spacial score (nSPS) is 10.4. The highest BCUT2D eigenvalue weighted by atomic mass is 32.2. The van der Waals surface area contributed by atoms with Crippen LogP contribution in [0.15, 0.2) is 53.4 Å². The lowest BCUT2D eigenvalue weighted by molar-refractivity contribution is -0.124. The molecule has 2 aromatic rings. The number of benzene rings is 2. The van der Waals surface area contributed by atoms with Gasteiger partial charge in [-0.2, -0.15) is 8.78 Å². The second-order valence-corrected chi connectivity index (χ2v) is 6.50. The molecule has 28 heavy (non-hydrogen) atoms. The zero-order valence-corrected chi connectivity index (χ0v) is 15.8. The molecule has 2 aromatic carbocycles.